The van der Waals surface area contributed by atoms with Gasteiger partial charge in [0.05, 0.1) is 35.8 Å². The molecular weight excluding hydrogens is 440 g/mol. The molecule has 0 bridgehead atoms. The molecule has 0 radical (unpaired) electrons. The molecule has 0 saturated carbocycles. The lowest BCUT2D eigenvalue weighted by atomic mass is 9.78. The number of cyclic esters (lactones) is 1. The summed E-state index contributed by atoms with van der Waals surface area (Å²) in [5.74, 6) is -1.94. The van der Waals surface area contributed by atoms with E-state index in [0.717, 1.165) is 32.1 Å². The zero-order chi connectivity index (χ0) is 23.6. The van der Waals surface area contributed by atoms with Crippen LogP contribution in [0.3, 0.4) is 0 Å². The number of rotatable bonds is 7. The maximum Gasteiger partial charge on any atom is 0.311 e. The van der Waals surface area contributed by atoms with Gasteiger partial charge in [-0.1, -0.05) is 51.0 Å². The van der Waals surface area contributed by atoms with E-state index in [4.69, 9.17) is 4.74 Å². The fourth-order valence-corrected chi connectivity index (χ4v) is 7.79. The SMILES string of the molecule is CCCCCN1CC=C[C@]23S[C@@H]4/C=C\CCCOC(=O)[C@@H]4[C@H]2C(=O)N([C@@H](CC)CO)C3C1=O. The zero-order valence-corrected chi connectivity index (χ0v) is 20.5. The Bertz CT molecular complexity index is 826. The number of thioether (sulfide) groups is 1. The molecule has 4 rings (SSSR count). The monoisotopic (exact) mass is 476 g/mol. The van der Waals surface area contributed by atoms with Gasteiger partial charge in [0.25, 0.3) is 0 Å². The zero-order valence-electron chi connectivity index (χ0n) is 19.7. The summed E-state index contributed by atoms with van der Waals surface area (Å²) in [7, 11) is 0. The highest BCUT2D eigenvalue weighted by molar-refractivity contribution is 8.02. The average Bonchev–Trinajstić information content (AvgIpc) is 3.22. The van der Waals surface area contributed by atoms with Crippen LogP contribution in [0.2, 0.25) is 0 Å². The molecule has 8 heteroatoms. The first-order valence-electron chi connectivity index (χ1n) is 12.4. The van der Waals surface area contributed by atoms with Crippen molar-refractivity contribution < 1.29 is 24.2 Å². The normalized spacial score (nSPS) is 35.7. The van der Waals surface area contributed by atoms with Crippen molar-refractivity contribution in [1.29, 1.82) is 0 Å². The van der Waals surface area contributed by atoms with Crippen molar-refractivity contribution in [2.45, 2.75) is 74.5 Å². The van der Waals surface area contributed by atoms with Gasteiger partial charge < -0.3 is 19.6 Å². The summed E-state index contributed by atoms with van der Waals surface area (Å²) in [6.45, 7) is 5.32. The summed E-state index contributed by atoms with van der Waals surface area (Å²) in [6.07, 6.45) is 13.3. The number of aliphatic hydroxyl groups excluding tert-OH is 1. The van der Waals surface area contributed by atoms with E-state index in [1.54, 1.807) is 16.7 Å². The first kappa shape index (κ1) is 24.3. The Morgan fingerprint density at radius 3 is 2.76 bits per heavy atom. The lowest BCUT2D eigenvalue weighted by Gasteiger charge is -2.38. The minimum absolute atomic E-state index is 0.0739. The molecule has 0 aromatic heterocycles. The number of hydrogen-bond donors (Lipinski definition) is 1. The number of ether oxygens (including phenoxy) is 1. The Balaban J connectivity index is 1.78. The van der Waals surface area contributed by atoms with Crippen LogP contribution in [0.15, 0.2) is 24.3 Å². The maximum absolute atomic E-state index is 14.0. The second-order valence-corrected chi connectivity index (χ2v) is 11.0. The standard InChI is InChI=1S/C25H36N2O5S/c1-3-5-8-13-26-14-10-12-25-20(19-18(33-25)11-7-6-9-15-32-24(19)31)22(29)27(17(4-2)16-28)21(25)23(26)30/h7,10-12,17-21,28H,3-6,8-9,13-16H2,1-2H3/b11-7-/t17-,18+,19-,20-,21?,25-/m0/s1. The lowest BCUT2D eigenvalue weighted by Crippen LogP contribution is -2.56. The molecule has 2 saturated heterocycles. The van der Waals surface area contributed by atoms with Gasteiger partial charge in [-0.3, -0.25) is 14.4 Å². The van der Waals surface area contributed by atoms with Gasteiger partial charge in [0.15, 0.2) is 0 Å². The van der Waals surface area contributed by atoms with Gasteiger partial charge in [0.2, 0.25) is 11.8 Å². The van der Waals surface area contributed by atoms with Gasteiger partial charge >= 0.3 is 5.97 Å². The molecule has 2 fully saturated rings. The van der Waals surface area contributed by atoms with Crippen LogP contribution in [0.1, 0.15) is 52.4 Å². The van der Waals surface area contributed by atoms with Gasteiger partial charge in [-0.15, -0.1) is 11.8 Å². The molecule has 0 aromatic carbocycles. The summed E-state index contributed by atoms with van der Waals surface area (Å²) in [5.41, 5.74) is 0. The Morgan fingerprint density at radius 1 is 1.21 bits per heavy atom. The van der Waals surface area contributed by atoms with Crippen molar-refractivity contribution >= 4 is 29.5 Å². The van der Waals surface area contributed by atoms with Gasteiger partial charge in [-0.2, -0.15) is 0 Å². The van der Waals surface area contributed by atoms with E-state index in [1.807, 2.05) is 30.1 Å². The van der Waals surface area contributed by atoms with Gasteiger partial charge in [-0.25, -0.2) is 0 Å². The molecule has 4 aliphatic rings. The minimum Gasteiger partial charge on any atom is -0.465 e. The van der Waals surface area contributed by atoms with Crippen LogP contribution in [0.4, 0.5) is 0 Å². The number of fused-ring (bicyclic) bond motifs is 2. The lowest BCUT2D eigenvalue weighted by molar-refractivity contribution is -0.153. The largest absolute Gasteiger partial charge is 0.465 e. The van der Waals surface area contributed by atoms with Crippen molar-refractivity contribution in [3.63, 3.8) is 0 Å². The summed E-state index contributed by atoms with van der Waals surface area (Å²) >= 11 is 1.56. The minimum atomic E-state index is -0.839. The van der Waals surface area contributed by atoms with Crippen molar-refractivity contribution in [2.75, 3.05) is 26.3 Å². The van der Waals surface area contributed by atoms with Crippen LogP contribution in [0.25, 0.3) is 0 Å². The number of aliphatic hydroxyl groups is 1. The van der Waals surface area contributed by atoms with Crippen LogP contribution < -0.4 is 0 Å². The number of amides is 2. The number of unbranched alkanes of at least 4 members (excludes halogenated alkanes) is 2. The summed E-state index contributed by atoms with van der Waals surface area (Å²) < 4.78 is 4.73. The summed E-state index contributed by atoms with van der Waals surface area (Å²) in [5, 5.41) is 9.89. The topological polar surface area (TPSA) is 87.2 Å². The van der Waals surface area contributed by atoms with E-state index in [2.05, 4.69) is 13.0 Å². The molecule has 33 heavy (non-hydrogen) atoms. The third-order valence-corrected chi connectivity index (χ3v) is 9.22. The first-order chi connectivity index (χ1) is 16.0. The van der Waals surface area contributed by atoms with Crippen LogP contribution in [0.5, 0.6) is 0 Å². The molecule has 7 nitrogen and oxygen atoms in total. The van der Waals surface area contributed by atoms with Crippen LogP contribution in [0, 0.1) is 11.8 Å². The van der Waals surface area contributed by atoms with Crippen molar-refractivity contribution in [2.24, 2.45) is 11.8 Å². The predicted molar refractivity (Wildman–Crippen MR) is 127 cm³/mol. The van der Waals surface area contributed by atoms with Gasteiger partial charge in [-0.05, 0) is 25.7 Å². The number of likely N-dealkylation sites (tertiary alicyclic amines) is 1. The molecule has 0 aliphatic carbocycles. The molecule has 4 aliphatic heterocycles. The van der Waals surface area contributed by atoms with Crippen LogP contribution >= 0.6 is 11.8 Å². The number of carbonyl (C=O) groups is 3. The molecule has 1 spiro atoms. The fraction of sp³-hybridized carbons (Fsp3) is 0.720. The van der Waals surface area contributed by atoms with E-state index in [9.17, 15) is 19.5 Å². The number of allylic oxidation sites excluding steroid dienone is 1. The molecule has 4 heterocycles. The molecule has 1 N–H and O–H groups in total. The van der Waals surface area contributed by atoms with E-state index in [0.29, 0.717) is 26.1 Å². The molecule has 182 valence electrons. The third-order valence-electron chi connectivity index (χ3n) is 7.48. The number of hydrogen-bond acceptors (Lipinski definition) is 6. The highest BCUT2D eigenvalue weighted by atomic mass is 32.2. The van der Waals surface area contributed by atoms with Gasteiger partial charge in [0.1, 0.15) is 6.04 Å². The molecule has 0 aromatic rings. The third kappa shape index (κ3) is 4.14. The quantitative estimate of drug-likeness (QED) is 0.345. The van der Waals surface area contributed by atoms with E-state index in [-0.39, 0.29) is 29.6 Å². The number of esters is 1. The Hall–Kier alpha value is -1.80. The second-order valence-electron chi connectivity index (χ2n) is 9.46. The smallest absolute Gasteiger partial charge is 0.311 e. The second kappa shape index (κ2) is 10.2. The highest BCUT2D eigenvalue weighted by Gasteiger charge is 2.71. The highest BCUT2D eigenvalue weighted by Crippen LogP contribution is 2.61. The molecular formula is C25H36N2O5S. The molecule has 2 amide bonds. The van der Waals surface area contributed by atoms with Crippen LogP contribution in [-0.4, -0.2) is 81.1 Å². The van der Waals surface area contributed by atoms with E-state index in [1.165, 1.54) is 0 Å². The number of nitrogens with zero attached hydrogens (tertiary/aromatic N) is 2. The fourth-order valence-electron chi connectivity index (χ4n) is 5.80. The van der Waals surface area contributed by atoms with Crippen molar-refractivity contribution in [3.8, 4) is 0 Å². The maximum atomic E-state index is 14.0. The predicted octanol–water partition coefficient (Wildman–Crippen LogP) is 2.54. The Morgan fingerprint density at radius 2 is 2.03 bits per heavy atom. The summed E-state index contributed by atoms with van der Waals surface area (Å²) in [6, 6.07) is -1.19. The summed E-state index contributed by atoms with van der Waals surface area (Å²) in [4.78, 5) is 44.6. The van der Waals surface area contributed by atoms with Crippen molar-refractivity contribution in [3.05, 3.63) is 24.3 Å². The van der Waals surface area contributed by atoms with Crippen LogP contribution in [-0.2, 0) is 19.1 Å². The molecule has 1 unspecified atom stereocenters. The Labute approximate surface area is 200 Å². The van der Waals surface area contributed by atoms with E-state index >= 15 is 0 Å². The average molecular weight is 477 g/mol. The van der Waals surface area contributed by atoms with E-state index < -0.39 is 28.7 Å². The Kier molecular flexibility index (Phi) is 7.53. The first-order valence-corrected chi connectivity index (χ1v) is 13.3. The number of carbonyl (C=O) groups excluding carboxylic acids is 3. The van der Waals surface area contributed by atoms with Gasteiger partial charge in [0, 0.05) is 18.3 Å². The van der Waals surface area contributed by atoms with Crippen molar-refractivity contribution in [1.82, 2.24) is 9.80 Å². The molecule has 6 atom stereocenters.